The number of esters is 2. The van der Waals surface area contributed by atoms with E-state index in [0.29, 0.717) is 13.2 Å². The van der Waals surface area contributed by atoms with Crippen LogP contribution in [-0.2, 0) is 19.1 Å². The van der Waals surface area contributed by atoms with Crippen LogP contribution in [0, 0.1) is 23.7 Å². The molecule has 0 aromatic carbocycles. The fraction of sp³-hybridized carbons (Fsp3) is 0.961. The molecule has 2 rings (SSSR count). The summed E-state index contributed by atoms with van der Waals surface area (Å²) in [5.41, 5.74) is 0. The molecule has 2 saturated carbocycles. The maximum absolute atomic E-state index is 12.7. The van der Waals surface area contributed by atoms with E-state index in [0.717, 1.165) is 63.2 Å². The second-order valence-corrected chi connectivity index (χ2v) is 18.5. The van der Waals surface area contributed by atoms with Gasteiger partial charge in [0.25, 0.3) is 0 Å². The maximum atomic E-state index is 12.7. The molecule has 4 nitrogen and oxygen atoms in total. The van der Waals surface area contributed by atoms with E-state index in [1.807, 2.05) is 0 Å². The van der Waals surface area contributed by atoms with Crippen molar-refractivity contribution in [2.24, 2.45) is 23.7 Å². The lowest BCUT2D eigenvalue weighted by molar-refractivity contribution is -0.163. The molecular formula is C51H98O4. The molecule has 0 heterocycles. The summed E-state index contributed by atoms with van der Waals surface area (Å²) in [6, 6.07) is 0. The summed E-state index contributed by atoms with van der Waals surface area (Å²) in [5, 5.41) is 0. The molecule has 2 aliphatic carbocycles. The highest BCUT2D eigenvalue weighted by molar-refractivity contribution is 5.82. The van der Waals surface area contributed by atoms with Crippen LogP contribution >= 0.6 is 0 Å². The summed E-state index contributed by atoms with van der Waals surface area (Å²) in [6.07, 6.45) is 51.4. The molecule has 0 amide bonds. The third-order valence-corrected chi connectivity index (χ3v) is 12.7. The summed E-state index contributed by atoms with van der Waals surface area (Å²) >= 11 is 0. The molecule has 0 N–H and O–H groups in total. The summed E-state index contributed by atoms with van der Waals surface area (Å²) in [5.74, 6) is 0.957. The van der Waals surface area contributed by atoms with Gasteiger partial charge < -0.3 is 9.47 Å². The molecule has 0 saturated heterocycles. The normalized spacial score (nSPS) is 17.5. The zero-order valence-corrected chi connectivity index (χ0v) is 37.9. The molecule has 0 bridgehead atoms. The minimum Gasteiger partial charge on any atom is -0.465 e. The van der Waals surface area contributed by atoms with Crippen LogP contribution < -0.4 is 0 Å². The van der Waals surface area contributed by atoms with Crippen molar-refractivity contribution in [3.63, 3.8) is 0 Å². The Bertz CT molecular complexity index is 818. The van der Waals surface area contributed by atoms with Crippen LogP contribution in [0.4, 0.5) is 0 Å². The first-order valence-electron chi connectivity index (χ1n) is 25.3. The Morgan fingerprint density at radius 1 is 0.418 bits per heavy atom. The van der Waals surface area contributed by atoms with Gasteiger partial charge in [0, 0.05) is 0 Å². The monoisotopic (exact) mass is 775 g/mol. The Kier molecular flexibility index (Phi) is 37.6. The lowest BCUT2D eigenvalue weighted by Crippen LogP contribution is -2.35. The van der Waals surface area contributed by atoms with Crippen molar-refractivity contribution in [3.05, 3.63) is 0 Å². The van der Waals surface area contributed by atoms with E-state index in [1.54, 1.807) is 0 Å². The van der Waals surface area contributed by atoms with Crippen molar-refractivity contribution in [2.45, 2.75) is 278 Å². The second-order valence-electron chi connectivity index (χ2n) is 18.5. The van der Waals surface area contributed by atoms with Crippen LogP contribution in [0.15, 0.2) is 0 Å². The molecule has 4 heteroatoms. The number of ether oxygens (including phenoxy) is 2. The molecule has 0 aliphatic heterocycles. The first kappa shape index (κ1) is 52.0. The van der Waals surface area contributed by atoms with Crippen molar-refractivity contribution in [2.75, 3.05) is 13.2 Å². The van der Waals surface area contributed by atoms with Gasteiger partial charge in [-0.15, -0.1) is 0 Å². The lowest BCUT2D eigenvalue weighted by atomic mass is 9.79. The number of hydrogen-bond acceptors (Lipinski definition) is 4. The SMILES string of the molecule is CCCCCCCCCCCCC1CCCCC1.CCCCCCCCCCCCCOC(=O)C1CCCCC1C(=O)OCCCCCCCCCC(C)C. The standard InChI is InChI=1S/C33H62O4.C18H36/c1-4-5-6-7-8-9-10-11-14-17-22-27-36-32(34)30-25-20-21-26-31(30)33(35)37-28-23-18-15-12-13-16-19-24-29(2)3;1-2-3-4-5-6-7-8-9-10-12-15-18-16-13-11-14-17-18/h29-31H,4-28H2,1-3H3;18H,2-17H2,1H3. The smallest absolute Gasteiger partial charge is 0.309 e. The van der Waals surface area contributed by atoms with E-state index >= 15 is 0 Å². The van der Waals surface area contributed by atoms with Crippen molar-refractivity contribution in [3.8, 4) is 0 Å². The zero-order valence-electron chi connectivity index (χ0n) is 37.9. The van der Waals surface area contributed by atoms with E-state index in [-0.39, 0.29) is 23.8 Å². The van der Waals surface area contributed by atoms with Gasteiger partial charge in [0.05, 0.1) is 25.0 Å². The van der Waals surface area contributed by atoms with Crippen molar-refractivity contribution in [1.82, 2.24) is 0 Å². The second kappa shape index (κ2) is 39.8. The predicted octanol–water partition coefficient (Wildman–Crippen LogP) is 16.8. The van der Waals surface area contributed by atoms with Crippen molar-refractivity contribution < 1.29 is 19.1 Å². The highest BCUT2D eigenvalue weighted by atomic mass is 16.5. The van der Waals surface area contributed by atoms with E-state index in [4.69, 9.17) is 9.47 Å². The lowest BCUT2D eigenvalue weighted by Gasteiger charge is -2.28. The first-order valence-corrected chi connectivity index (χ1v) is 25.3. The van der Waals surface area contributed by atoms with Crippen LogP contribution in [0.5, 0.6) is 0 Å². The van der Waals surface area contributed by atoms with Gasteiger partial charge in [0.15, 0.2) is 0 Å². The molecule has 2 unspecified atom stereocenters. The van der Waals surface area contributed by atoms with E-state index in [2.05, 4.69) is 27.7 Å². The van der Waals surface area contributed by atoms with Gasteiger partial charge in [-0.1, -0.05) is 252 Å². The van der Waals surface area contributed by atoms with Gasteiger partial charge in [-0.2, -0.15) is 0 Å². The van der Waals surface area contributed by atoms with Gasteiger partial charge >= 0.3 is 11.9 Å². The number of hydrogen-bond donors (Lipinski definition) is 0. The molecule has 55 heavy (non-hydrogen) atoms. The van der Waals surface area contributed by atoms with Gasteiger partial charge in [-0.25, -0.2) is 0 Å². The molecule has 0 aromatic heterocycles. The summed E-state index contributed by atoms with van der Waals surface area (Å²) in [7, 11) is 0. The maximum Gasteiger partial charge on any atom is 0.309 e. The Hall–Kier alpha value is -1.06. The van der Waals surface area contributed by atoms with Gasteiger partial charge in [-0.3, -0.25) is 9.59 Å². The fourth-order valence-electron chi connectivity index (χ4n) is 8.96. The molecule has 2 atom stereocenters. The van der Waals surface area contributed by atoms with Crippen LogP contribution in [0.1, 0.15) is 278 Å². The number of carbonyl (C=O) groups is 2. The number of unbranched alkanes of at least 4 members (excludes halogenated alkanes) is 25. The van der Waals surface area contributed by atoms with Crippen LogP contribution in [-0.4, -0.2) is 25.2 Å². The summed E-state index contributed by atoms with van der Waals surface area (Å²) in [6.45, 7) is 10.1. The zero-order chi connectivity index (χ0) is 39.9. The van der Waals surface area contributed by atoms with E-state index in [9.17, 15) is 9.59 Å². The van der Waals surface area contributed by atoms with Gasteiger partial charge in [-0.05, 0) is 37.5 Å². The van der Waals surface area contributed by atoms with Gasteiger partial charge in [0.2, 0.25) is 0 Å². The highest BCUT2D eigenvalue weighted by Crippen LogP contribution is 2.32. The Morgan fingerprint density at radius 2 is 0.745 bits per heavy atom. The van der Waals surface area contributed by atoms with Crippen molar-refractivity contribution >= 4 is 11.9 Å². The molecule has 2 aliphatic rings. The first-order chi connectivity index (χ1) is 27.0. The predicted molar refractivity (Wildman–Crippen MR) is 239 cm³/mol. The highest BCUT2D eigenvalue weighted by Gasteiger charge is 2.37. The van der Waals surface area contributed by atoms with E-state index < -0.39 is 0 Å². The molecule has 326 valence electrons. The topological polar surface area (TPSA) is 52.6 Å². The molecule has 0 spiro atoms. The average Bonchev–Trinajstić information content (AvgIpc) is 3.20. The number of rotatable bonds is 35. The van der Waals surface area contributed by atoms with Gasteiger partial charge in [0.1, 0.15) is 0 Å². The third kappa shape index (κ3) is 32.6. The van der Waals surface area contributed by atoms with Crippen LogP contribution in [0.3, 0.4) is 0 Å². The molecule has 0 aromatic rings. The molecular weight excluding hydrogens is 677 g/mol. The fourth-order valence-corrected chi connectivity index (χ4v) is 8.96. The number of carbonyl (C=O) groups excluding carboxylic acids is 2. The van der Waals surface area contributed by atoms with E-state index in [1.165, 1.54) is 199 Å². The minimum atomic E-state index is -0.306. The largest absolute Gasteiger partial charge is 0.465 e. The van der Waals surface area contributed by atoms with Crippen LogP contribution in [0.2, 0.25) is 0 Å². The Labute approximate surface area is 345 Å². The van der Waals surface area contributed by atoms with Crippen molar-refractivity contribution in [1.29, 1.82) is 0 Å². The Morgan fingerprint density at radius 3 is 1.13 bits per heavy atom. The molecule has 0 radical (unpaired) electrons. The third-order valence-electron chi connectivity index (χ3n) is 12.7. The quantitative estimate of drug-likeness (QED) is 0.0475. The average molecular weight is 775 g/mol. The Balaban J connectivity index is 0.000000699. The summed E-state index contributed by atoms with van der Waals surface area (Å²) < 4.78 is 11.2. The molecule has 2 fully saturated rings. The summed E-state index contributed by atoms with van der Waals surface area (Å²) in [4.78, 5) is 25.4. The minimum absolute atomic E-state index is 0.175. The van der Waals surface area contributed by atoms with Crippen LogP contribution in [0.25, 0.3) is 0 Å².